The molecule has 3 rings (SSSR count). The third-order valence-electron chi connectivity index (χ3n) is 5.83. The number of Topliss-reactive ketones (excluding diaryl/α,β-unsaturated/α-hetero) is 1. The smallest absolute Gasteiger partial charge is 0.334 e. The van der Waals surface area contributed by atoms with Crippen molar-refractivity contribution < 1.29 is 24.2 Å². The molecule has 3 aliphatic rings. The summed E-state index contributed by atoms with van der Waals surface area (Å²) in [5, 5.41) is 10.4. The fourth-order valence-electron chi connectivity index (χ4n) is 3.86. The van der Waals surface area contributed by atoms with E-state index >= 15 is 0 Å². The van der Waals surface area contributed by atoms with Gasteiger partial charge in [-0.05, 0) is 50.8 Å². The topological polar surface area (TPSA) is 80.7 Å². The quantitative estimate of drug-likeness (QED) is 0.583. The summed E-state index contributed by atoms with van der Waals surface area (Å²) in [6.07, 6.45) is 2.86. The van der Waals surface area contributed by atoms with Crippen LogP contribution in [0.15, 0.2) is 35.5 Å². The van der Waals surface area contributed by atoms with Gasteiger partial charge in [-0.25, -0.2) is 4.79 Å². The summed E-state index contributed by atoms with van der Waals surface area (Å²) in [6.45, 7) is 9.12. The first-order chi connectivity index (χ1) is 11.6. The SMILES string of the molecule is C=C(C)[C@@H]1CCC2=C[C@@H](OC2=O)[C@]2(C)C[C@H]2C(=O)/C=C(\C)[C@H](O)C1=O. The van der Waals surface area contributed by atoms with E-state index in [1.54, 1.807) is 19.9 Å². The standard InChI is InChI=1S/C20H24O5/c1-10(2)13-6-5-12-8-16(25-19(12)24)20(4)9-14(20)15(21)7-11(3)17(22)18(13)23/h7-8,13-14,16-17,22H,1,5-6,9H2,2-4H3/b11-7+/t13-,14-,16+,17-,20+/m0/s1. The average Bonchev–Trinajstić information content (AvgIpc) is 3.10. The molecule has 5 atom stereocenters. The maximum atomic E-state index is 12.6. The molecular weight excluding hydrogens is 320 g/mol. The molecule has 2 bridgehead atoms. The largest absolute Gasteiger partial charge is 0.454 e. The molecule has 25 heavy (non-hydrogen) atoms. The number of ether oxygens (including phenoxy) is 1. The predicted molar refractivity (Wildman–Crippen MR) is 91.5 cm³/mol. The summed E-state index contributed by atoms with van der Waals surface area (Å²) < 4.78 is 5.48. The Morgan fingerprint density at radius 3 is 2.68 bits per heavy atom. The lowest BCUT2D eigenvalue weighted by Crippen LogP contribution is -2.30. The van der Waals surface area contributed by atoms with Crippen molar-refractivity contribution in [3.8, 4) is 0 Å². The van der Waals surface area contributed by atoms with Crippen LogP contribution < -0.4 is 0 Å². The molecule has 1 fully saturated rings. The second kappa shape index (κ2) is 6.06. The van der Waals surface area contributed by atoms with Gasteiger partial charge < -0.3 is 9.84 Å². The van der Waals surface area contributed by atoms with Crippen molar-refractivity contribution in [3.05, 3.63) is 35.5 Å². The molecule has 1 saturated carbocycles. The summed E-state index contributed by atoms with van der Waals surface area (Å²) in [6, 6.07) is 0. The number of hydrogen-bond acceptors (Lipinski definition) is 5. The molecule has 0 saturated heterocycles. The highest BCUT2D eigenvalue weighted by atomic mass is 16.5. The van der Waals surface area contributed by atoms with Crippen LogP contribution in [0, 0.1) is 17.3 Å². The van der Waals surface area contributed by atoms with Gasteiger partial charge in [-0.1, -0.05) is 19.1 Å². The van der Waals surface area contributed by atoms with Gasteiger partial charge in [-0.3, -0.25) is 9.59 Å². The molecule has 5 nitrogen and oxygen atoms in total. The van der Waals surface area contributed by atoms with Crippen LogP contribution in [0.3, 0.4) is 0 Å². The molecule has 1 aliphatic heterocycles. The minimum atomic E-state index is -1.32. The van der Waals surface area contributed by atoms with E-state index in [0.29, 0.717) is 36.0 Å². The molecule has 0 amide bonds. The molecule has 5 heteroatoms. The second-order valence-corrected chi connectivity index (χ2v) is 7.81. The van der Waals surface area contributed by atoms with Gasteiger partial charge in [0.15, 0.2) is 11.6 Å². The number of carbonyl (C=O) groups excluding carboxylic acids is 3. The summed E-state index contributed by atoms with van der Waals surface area (Å²) in [7, 11) is 0. The van der Waals surface area contributed by atoms with Gasteiger partial charge in [0.05, 0.1) is 0 Å². The van der Waals surface area contributed by atoms with E-state index in [4.69, 9.17) is 4.74 Å². The van der Waals surface area contributed by atoms with Gasteiger partial charge in [-0.15, -0.1) is 0 Å². The number of allylic oxidation sites excluding steroid dienone is 2. The molecule has 1 N–H and O–H groups in total. The first kappa shape index (κ1) is 17.8. The predicted octanol–water partition coefficient (Wildman–Crippen LogP) is 2.30. The number of rotatable bonds is 1. The zero-order valence-electron chi connectivity index (χ0n) is 14.9. The van der Waals surface area contributed by atoms with E-state index in [2.05, 4.69) is 6.58 Å². The van der Waals surface area contributed by atoms with Crippen molar-refractivity contribution >= 4 is 17.5 Å². The Bertz CT molecular complexity index is 728. The minimum Gasteiger partial charge on any atom is -0.454 e. The van der Waals surface area contributed by atoms with Gasteiger partial charge in [0.1, 0.15) is 12.2 Å². The fraction of sp³-hybridized carbons (Fsp3) is 0.550. The van der Waals surface area contributed by atoms with Crippen LogP contribution >= 0.6 is 0 Å². The molecule has 0 aromatic carbocycles. The molecule has 134 valence electrons. The van der Waals surface area contributed by atoms with Gasteiger partial charge in [0.25, 0.3) is 0 Å². The number of hydrogen-bond donors (Lipinski definition) is 1. The molecule has 0 radical (unpaired) electrons. The molecule has 0 unspecified atom stereocenters. The van der Waals surface area contributed by atoms with Crippen LogP contribution in [0.2, 0.25) is 0 Å². The molecule has 2 aliphatic carbocycles. The third-order valence-corrected chi connectivity index (χ3v) is 5.83. The van der Waals surface area contributed by atoms with E-state index in [9.17, 15) is 19.5 Å². The molecular formula is C20H24O5. The van der Waals surface area contributed by atoms with Crippen LogP contribution in [0.1, 0.15) is 40.0 Å². The van der Waals surface area contributed by atoms with Crippen molar-refractivity contribution in [1.29, 1.82) is 0 Å². The third kappa shape index (κ3) is 3.01. The van der Waals surface area contributed by atoms with E-state index in [1.165, 1.54) is 6.08 Å². The summed E-state index contributed by atoms with van der Waals surface area (Å²) in [5.41, 5.74) is 1.13. The molecule has 0 aromatic rings. The second-order valence-electron chi connectivity index (χ2n) is 7.81. The van der Waals surface area contributed by atoms with E-state index in [0.717, 1.165) is 0 Å². The van der Waals surface area contributed by atoms with Crippen molar-refractivity contribution in [1.82, 2.24) is 0 Å². The first-order valence-corrected chi connectivity index (χ1v) is 8.66. The zero-order chi connectivity index (χ0) is 18.5. The Morgan fingerprint density at radius 1 is 1.36 bits per heavy atom. The Hall–Kier alpha value is -2.01. The monoisotopic (exact) mass is 344 g/mol. The van der Waals surface area contributed by atoms with Gasteiger partial charge in [-0.2, -0.15) is 0 Å². The normalized spacial score (nSPS) is 40.6. The summed E-state index contributed by atoms with van der Waals surface area (Å²) in [5.74, 6) is -1.70. The van der Waals surface area contributed by atoms with E-state index < -0.39 is 23.5 Å². The van der Waals surface area contributed by atoms with Crippen molar-refractivity contribution in [2.75, 3.05) is 0 Å². The van der Waals surface area contributed by atoms with Crippen molar-refractivity contribution in [2.45, 2.75) is 52.2 Å². The zero-order valence-corrected chi connectivity index (χ0v) is 14.9. The fourth-order valence-corrected chi connectivity index (χ4v) is 3.86. The number of esters is 1. The van der Waals surface area contributed by atoms with Gasteiger partial charge >= 0.3 is 5.97 Å². The highest BCUT2D eigenvalue weighted by molar-refractivity contribution is 5.98. The lowest BCUT2D eigenvalue weighted by molar-refractivity contribution is -0.143. The van der Waals surface area contributed by atoms with Crippen molar-refractivity contribution in [3.63, 3.8) is 0 Å². The number of fused-ring (bicyclic) bond motifs is 3. The van der Waals surface area contributed by atoms with Crippen LogP contribution in [0.5, 0.6) is 0 Å². The van der Waals surface area contributed by atoms with Gasteiger partial charge in [0.2, 0.25) is 0 Å². The Morgan fingerprint density at radius 2 is 2.04 bits per heavy atom. The van der Waals surface area contributed by atoms with E-state index in [-0.39, 0.29) is 23.5 Å². The van der Waals surface area contributed by atoms with Crippen LogP contribution in [0.4, 0.5) is 0 Å². The summed E-state index contributed by atoms with van der Waals surface area (Å²) >= 11 is 0. The number of aliphatic hydroxyl groups is 1. The Balaban J connectivity index is 1.98. The molecule has 0 aromatic heterocycles. The highest BCUT2D eigenvalue weighted by Crippen LogP contribution is 2.58. The Labute approximate surface area is 147 Å². The average molecular weight is 344 g/mol. The lowest BCUT2D eigenvalue weighted by Gasteiger charge is -2.20. The van der Waals surface area contributed by atoms with E-state index in [1.807, 2.05) is 6.92 Å². The maximum absolute atomic E-state index is 12.6. The highest BCUT2D eigenvalue weighted by Gasteiger charge is 2.60. The van der Waals surface area contributed by atoms with Crippen LogP contribution in [-0.4, -0.2) is 34.9 Å². The molecule has 1 heterocycles. The molecule has 0 spiro atoms. The van der Waals surface area contributed by atoms with Crippen LogP contribution in [0.25, 0.3) is 0 Å². The lowest BCUT2D eigenvalue weighted by atomic mass is 9.86. The maximum Gasteiger partial charge on any atom is 0.334 e. The van der Waals surface area contributed by atoms with Gasteiger partial charge in [0, 0.05) is 22.8 Å². The Kier molecular flexibility index (Phi) is 4.31. The van der Waals surface area contributed by atoms with Crippen LogP contribution in [-0.2, 0) is 19.1 Å². The summed E-state index contributed by atoms with van der Waals surface area (Å²) in [4.78, 5) is 37.3. The number of carbonyl (C=O) groups is 3. The number of ketones is 2. The first-order valence-electron chi connectivity index (χ1n) is 8.66. The minimum absolute atomic E-state index is 0.129. The van der Waals surface area contributed by atoms with Crippen molar-refractivity contribution in [2.24, 2.45) is 17.3 Å². The number of aliphatic hydroxyl groups excluding tert-OH is 1.